The van der Waals surface area contributed by atoms with E-state index < -0.39 is 5.97 Å². The molecule has 1 aliphatic carbocycles. The number of aliphatic carboxylic acids is 1. The van der Waals surface area contributed by atoms with Crippen LogP contribution < -0.4 is 0 Å². The summed E-state index contributed by atoms with van der Waals surface area (Å²) in [6.07, 6.45) is 3.67. The molecule has 1 saturated carbocycles. The molecule has 0 bridgehead atoms. The number of nitrogens with zero attached hydrogens (tertiary/aromatic N) is 1. The fourth-order valence-corrected chi connectivity index (χ4v) is 3.23. The third-order valence-corrected chi connectivity index (χ3v) is 4.20. The van der Waals surface area contributed by atoms with Crippen LogP contribution in [0.3, 0.4) is 0 Å². The lowest BCUT2D eigenvalue weighted by atomic mass is 9.70. The van der Waals surface area contributed by atoms with Crippen molar-refractivity contribution in [1.29, 1.82) is 0 Å². The molecule has 1 rings (SSSR count). The maximum absolute atomic E-state index is 10.9. The lowest BCUT2D eigenvalue weighted by Crippen LogP contribution is -2.45. The average molecular weight is 241 g/mol. The Hall–Kier alpha value is -0.570. The molecule has 1 aliphatic rings. The second-order valence-electron chi connectivity index (χ2n) is 6.63. The number of hydrogen-bond acceptors (Lipinski definition) is 2. The molecule has 3 heteroatoms. The van der Waals surface area contributed by atoms with Crippen molar-refractivity contribution in [2.75, 3.05) is 13.6 Å². The Morgan fingerprint density at radius 3 is 2.59 bits per heavy atom. The first-order chi connectivity index (χ1) is 7.73. The van der Waals surface area contributed by atoms with Gasteiger partial charge in [0.2, 0.25) is 0 Å². The predicted octanol–water partition coefficient (Wildman–Crippen LogP) is 2.85. The van der Waals surface area contributed by atoms with Gasteiger partial charge < -0.3 is 10.0 Å². The van der Waals surface area contributed by atoms with Gasteiger partial charge in [-0.3, -0.25) is 4.79 Å². The summed E-state index contributed by atoms with van der Waals surface area (Å²) < 4.78 is 0. The molecular weight excluding hydrogens is 214 g/mol. The highest BCUT2D eigenvalue weighted by Gasteiger charge is 2.34. The molecule has 3 unspecified atom stereocenters. The number of rotatable bonds is 4. The Labute approximate surface area is 105 Å². The number of carboxylic acids is 1. The zero-order valence-corrected chi connectivity index (χ0v) is 11.9. The summed E-state index contributed by atoms with van der Waals surface area (Å²) in [4.78, 5) is 13.1. The van der Waals surface area contributed by atoms with Crippen molar-refractivity contribution in [3.05, 3.63) is 0 Å². The van der Waals surface area contributed by atoms with Crippen LogP contribution in [0.2, 0.25) is 0 Å². The van der Waals surface area contributed by atoms with Crippen molar-refractivity contribution in [3.63, 3.8) is 0 Å². The first kappa shape index (κ1) is 14.5. The van der Waals surface area contributed by atoms with Crippen LogP contribution >= 0.6 is 0 Å². The largest absolute Gasteiger partial charge is 0.481 e. The van der Waals surface area contributed by atoms with Crippen molar-refractivity contribution in [3.8, 4) is 0 Å². The summed E-state index contributed by atoms with van der Waals surface area (Å²) in [5, 5.41) is 8.95. The van der Waals surface area contributed by atoms with Crippen LogP contribution in [-0.4, -0.2) is 35.6 Å². The molecule has 3 atom stereocenters. The highest BCUT2D eigenvalue weighted by molar-refractivity contribution is 5.69. The molecule has 0 radical (unpaired) electrons. The van der Waals surface area contributed by atoms with E-state index in [9.17, 15) is 4.79 Å². The molecule has 100 valence electrons. The summed E-state index contributed by atoms with van der Waals surface area (Å²) in [6.45, 7) is 9.41. The predicted molar refractivity (Wildman–Crippen MR) is 70.0 cm³/mol. The molecule has 1 N–H and O–H groups in total. The van der Waals surface area contributed by atoms with Crippen LogP contribution in [0, 0.1) is 17.3 Å². The molecule has 0 aromatic carbocycles. The fourth-order valence-electron chi connectivity index (χ4n) is 3.23. The number of hydrogen-bond donors (Lipinski definition) is 1. The van der Waals surface area contributed by atoms with Crippen molar-refractivity contribution in [2.45, 2.75) is 53.0 Å². The molecule has 0 amide bonds. The summed E-state index contributed by atoms with van der Waals surface area (Å²) in [5.74, 6) is -0.312. The maximum Gasteiger partial charge on any atom is 0.307 e. The van der Waals surface area contributed by atoms with Gasteiger partial charge in [0.15, 0.2) is 0 Å². The van der Waals surface area contributed by atoms with E-state index >= 15 is 0 Å². The molecule has 1 fully saturated rings. The molecule has 17 heavy (non-hydrogen) atoms. The van der Waals surface area contributed by atoms with E-state index in [1.165, 1.54) is 19.3 Å². The van der Waals surface area contributed by atoms with Gasteiger partial charge in [-0.05, 0) is 37.6 Å². The highest BCUT2D eigenvalue weighted by Crippen LogP contribution is 2.40. The summed E-state index contributed by atoms with van der Waals surface area (Å²) in [6, 6.07) is 0.546. The van der Waals surface area contributed by atoms with E-state index in [0.29, 0.717) is 23.9 Å². The Bertz CT molecular complexity index is 275. The number of carbonyl (C=O) groups is 1. The zero-order valence-electron chi connectivity index (χ0n) is 11.9. The average Bonchev–Trinajstić information content (AvgIpc) is 2.15. The van der Waals surface area contributed by atoms with Gasteiger partial charge in [-0.15, -0.1) is 0 Å². The van der Waals surface area contributed by atoms with Crippen molar-refractivity contribution < 1.29 is 9.90 Å². The van der Waals surface area contributed by atoms with E-state index in [-0.39, 0.29) is 5.92 Å². The van der Waals surface area contributed by atoms with E-state index in [4.69, 9.17) is 5.11 Å². The molecule has 0 saturated heterocycles. The molecule has 0 aliphatic heterocycles. The topological polar surface area (TPSA) is 40.5 Å². The lowest BCUT2D eigenvalue weighted by Gasteiger charge is -2.43. The first-order valence-corrected chi connectivity index (χ1v) is 6.66. The van der Waals surface area contributed by atoms with Gasteiger partial charge >= 0.3 is 5.97 Å². The highest BCUT2D eigenvalue weighted by atomic mass is 16.4. The summed E-state index contributed by atoms with van der Waals surface area (Å²) >= 11 is 0. The minimum absolute atomic E-state index is 0.276. The van der Waals surface area contributed by atoms with Crippen molar-refractivity contribution in [2.24, 2.45) is 17.3 Å². The first-order valence-electron chi connectivity index (χ1n) is 6.66. The quantitative estimate of drug-likeness (QED) is 0.822. The Balaban J connectivity index is 2.53. The van der Waals surface area contributed by atoms with Crippen LogP contribution in [0.25, 0.3) is 0 Å². The van der Waals surface area contributed by atoms with Crippen LogP contribution in [0.1, 0.15) is 47.0 Å². The molecule has 0 heterocycles. The fraction of sp³-hybridized carbons (Fsp3) is 0.929. The summed E-state index contributed by atoms with van der Waals surface area (Å²) in [5.41, 5.74) is 0.454. The zero-order chi connectivity index (χ0) is 13.2. The van der Waals surface area contributed by atoms with Gasteiger partial charge in [0.25, 0.3) is 0 Å². The lowest BCUT2D eigenvalue weighted by molar-refractivity contribution is -0.142. The minimum atomic E-state index is -0.694. The van der Waals surface area contributed by atoms with Crippen LogP contribution in [-0.2, 0) is 4.79 Å². The molecular formula is C14H27NO2. The van der Waals surface area contributed by atoms with Crippen LogP contribution in [0.4, 0.5) is 0 Å². The normalized spacial score (nSPS) is 30.2. The third kappa shape index (κ3) is 3.98. The molecule has 0 spiro atoms. The van der Waals surface area contributed by atoms with Gasteiger partial charge in [-0.25, -0.2) is 0 Å². The standard InChI is InChI=1S/C14H27NO2/c1-10-8-14(3,4)7-6-12(10)15(5)9-11(2)13(16)17/h10-12H,6-9H2,1-5H3,(H,16,17). The minimum Gasteiger partial charge on any atom is -0.481 e. The SMILES string of the molecule is CC(CN(C)C1CCC(C)(C)CC1C)C(=O)O. The summed E-state index contributed by atoms with van der Waals surface area (Å²) in [7, 11) is 2.07. The van der Waals surface area contributed by atoms with E-state index in [1.807, 2.05) is 0 Å². The molecule has 0 aromatic heterocycles. The second kappa shape index (κ2) is 5.38. The number of carboxylic acid groups (broad SMARTS) is 1. The molecule has 3 nitrogen and oxygen atoms in total. The second-order valence-corrected chi connectivity index (χ2v) is 6.63. The van der Waals surface area contributed by atoms with Gasteiger partial charge in [0.05, 0.1) is 5.92 Å². The van der Waals surface area contributed by atoms with Crippen LogP contribution in [0.15, 0.2) is 0 Å². The third-order valence-electron chi connectivity index (χ3n) is 4.20. The molecule has 0 aromatic rings. The van der Waals surface area contributed by atoms with Gasteiger partial charge in [-0.2, -0.15) is 0 Å². The van der Waals surface area contributed by atoms with Crippen LogP contribution in [0.5, 0.6) is 0 Å². The van der Waals surface area contributed by atoms with E-state index in [1.54, 1.807) is 6.92 Å². The Kier molecular flexibility index (Phi) is 4.59. The van der Waals surface area contributed by atoms with Gasteiger partial charge in [0.1, 0.15) is 0 Å². The van der Waals surface area contributed by atoms with Crippen molar-refractivity contribution in [1.82, 2.24) is 4.90 Å². The Morgan fingerprint density at radius 2 is 2.12 bits per heavy atom. The van der Waals surface area contributed by atoms with Gasteiger partial charge in [0, 0.05) is 12.6 Å². The smallest absolute Gasteiger partial charge is 0.307 e. The van der Waals surface area contributed by atoms with E-state index in [2.05, 4.69) is 32.7 Å². The monoisotopic (exact) mass is 241 g/mol. The van der Waals surface area contributed by atoms with Gasteiger partial charge in [-0.1, -0.05) is 27.7 Å². The van der Waals surface area contributed by atoms with E-state index in [0.717, 1.165) is 0 Å². The Morgan fingerprint density at radius 1 is 1.53 bits per heavy atom. The van der Waals surface area contributed by atoms with Crippen molar-refractivity contribution >= 4 is 5.97 Å². The maximum atomic E-state index is 10.9.